The molecule has 2 aliphatic rings. The van der Waals surface area contributed by atoms with Crippen LogP contribution in [0.2, 0.25) is 0 Å². The van der Waals surface area contributed by atoms with Crippen LogP contribution in [0.5, 0.6) is 0 Å². The minimum Gasteiger partial charge on any atom is -0.377 e. The van der Waals surface area contributed by atoms with E-state index in [0.717, 1.165) is 0 Å². The first-order valence-corrected chi connectivity index (χ1v) is 10.2. The Labute approximate surface area is 141 Å². The van der Waals surface area contributed by atoms with Crippen LogP contribution >= 0.6 is 0 Å². The van der Waals surface area contributed by atoms with E-state index < -0.39 is 8.84 Å². The maximum absolute atomic E-state index is 13.6. The summed E-state index contributed by atoms with van der Waals surface area (Å²) in [5, 5.41) is 0. The molecule has 0 saturated heterocycles. The number of quaternary nitrogens is 1. The number of hydrogen-bond acceptors (Lipinski definition) is 2. The van der Waals surface area contributed by atoms with Crippen molar-refractivity contribution in [3.05, 3.63) is 41.5 Å². The molecule has 3 nitrogen and oxygen atoms in total. The number of allylic oxidation sites excluding steroid dienone is 1. The van der Waals surface area contributed by atoms with Crippen molar-refractivity contribution >= 4 is 14.5 Å². The zero-order valence-electron chi connectivity index (χ0n) is 14.9. The first-order valence-electron chi connectivity index (χ1n) is 8.79. The monoisotopic (exact) mass is 329 g/mol. The lowest BCUT2D eigenvalue weighted by atomic mass is 9.95. The van der Waals surface area contributed by atoms with E-state index in [1.807, 2.05) is 0 Å². The molecule has 0 aliphatic heterocycles. The van der Waals surface area contributed by atoms with E-state index in [1.54, 1.807) is 0 Å². The van der Waals surface area contributed by atoms with E-state index in [4.69, 9.17) is 0 Å². The van der Waals surface area contributed by atoms with Gasteiger partial charge in [0.05, 0.1) is 20.1 Å². The highest BCUT2D eigenvalue weighted by Crippen LogP contribution is 2.39. The molecule has 2 aliphatic carbocycles. The third-order valence-electron chi connectivity index (χ3n) is 5.70. The number of benzene rings is 1. The van der Waals surface area contributed by atoms with Gasteiger partial charge < -0.3 is 13.5 Å². The highest BCUT2D eigenvalue weighted by Gasteiger charge is 2.46. The summed E-state index contributed by atoms with van der Waals surface area (Å²) < 4.78 is 14.3. The number of fused-ring (bicyclic) bond motifs is 1. The predicted octanol–water partition coefficient (Wildman–Crippen LogP) is 3.55. The number of nitrogens with zero attached hydrogens (tertiary/aromatic N) is 2. The van der Waals surface area contributed by atoms with Gasteiger partial charge in [0.25, 0.3) is 0 Å². The van der Waals surface area contributed by atoms with Crippen molar-refractivity contribution in [3.8, 4) is 0 Å². The molecule has 0 N–H and O–H groups in total. The molecule has 3 rings (SSSR count). The Bertz CT molecular complexity index is 630. The lowest BCUT2D eigenvalue weighted by Gasteiger charge is -2.39. The van der Waals surface area contributed by atoms with Crippen molar-refractivity contribution in [2.45, 2.75) is 43.7 Å². The van der Waals surface area contributed by atoms with Crippen molar-refractivity contribution < 1.29 is 8.61 Å². The van der Waals surface area contributed by atoms with E-state index in [9.17, 15) is 4.46 Å². The predicted molar refractivity (Wildman–Crippen MR) is 96.3 cm³/mol. The molecule has 1 saturated carbocycles. The Kier molecular flexibility index (Phi) is 4.56. The molecule has 4 heteroatoms. The molecule has 0 amide bonds. The summed E-state index contributed by atoms with van der Waals surface area (Å²) in [5.74, 6) is 0. The third kappa shape index (κ3) is 2.94. The number of hydrogen-bond donors (Lipinski definition) is 0. The van der Waals surface area contributed by atoms with Gasteiger partial charge in [0.15, 0.2) is 0 Å². The van der Waals surface area contributed by atoms with Crippen LogP contribution in [0.3, 0.4) is 0 Å². The van der Waals surface area contributed by atoms with Crippen LogP contribution in [0.4, 0.5) is 0 Å². The van der Waals surface area contributed by atoms with E-state index in [-0.39, 0.29) is 5.54 Å². The van der Waals surface area contributed by atoms with Crippen LogP contribution < -0.4 is 0 Å². The molecular formula is C19H29N2OSi+. The summed E-state index contributed by atoms with van der Waals surface area (Å²) >= 11 is 0. The van der Waals surface area contributed by atoms with Gasteiger partial charge in [-0.25, -0.2) is 0 Å². The molecule has 1 aromatic rings. The summed E-state index contributed by atoms with van der Waals surface area (Å²) in [5.41, 5.74) is 3.80. The van der Waals surface area contributed by atoms with Gasteiger partial charge in [-0.2, -0.15) is 0 Å². The Morgan fingerprint density at radius 3 is 2.39 bits per heavy atom. The van der Waals surface area contributed by atoms with Gasteiger partial charge in [-0.15, -0.1) is 0 Å². The lowest BCUT2D eigenvalue weighted by Crippen LogP contribution is -2.57. The van der Waals surface area contributed by atoms with Crippen LogP contribution in [0.25, 0.3) is 5.70 Å². The van der Waals surface area contributed by atoms with E-state index in [2.05, 4.69) is 63.4 Å². The normalized spacial score (nSPS) is 21.7. The smallest absolute Gasteiger partial charge is 0.377 e. The average molecular weight is 330 g/mol. The zero-order valence-corrected chi connectivity index (χ0v) is 15.9. The molecule has 0 aromatic heterocycles. The van der Waals surface area contributed by atoms with Gasteiger partial charge in [0.1, 0.15) is 5.54 Å². The van der Waals surface area contributed by atoms with Crippen molar-refractivity contribution in [2.24, 2.45) is 0 Å². The molecule has 23 heavy (non-hydrogen) atoms. The summed E-state index contributed by atoms with van der Waals surface area (Å²) in [6.07, 6.45) is 8.62. The fourth-order valence-corrected chi connectivity index (χ4v) is 6.35. The van der Waals surface area contributed by atoms with Crippen LogP contribution in [-0.2, 0) is 4.46 Å². The quantitative estimate of drug-likeness (QED) is 0.787. The number of rotatable bonds is 4. The second kappa shape index (κ2) is 6.33. The fourth-order valence-electron chi connectivity index (χ4n) is 4.20. The van der Waals surface area contributed by atoms with Crippen molar-refractivity contribution in [1.29, 1.82) is 0 Å². The Morgan fingerprint density at radius 1 is 1.09 bits per heavy atom. The van der Waals surface area contributed by atoms with Gasteiger partial charge >= 0.3 is 8.84 Å². The molecule has 0 bridgehead atoms. The molecule has 0 spiro atoms. The van der Waals surface area contributed by atoms with E-state index >= 15 is 0 Å². The van der Waals surface area contributed by atoms with Crippen LogP contribution in [0.1, 0.15) is 48.8 Å². The van der Waals surface area contributed by atoms with E-state index in [0.29, 0.717) is 10.2 Å². The summed E-state index contributed by atoms with van der Waals surface area (Å²) in [4.78, 5) is 2.15. The van der Waals surface area contributed by atoms with E-state index in [1.165, 1.54) is 48.9 Å². The Morgan fingerprint density at radius 2 is 1.74 bits per heavy atom. The Balaban J connectivity index is 1.93. The molecule has 1 aromatic carbocycles. The lowest BCUT2D eigenvalue weighted by molar-refractivity contribution is -0.817. The first-order chi connectivity index (χ1) is 10.9. The highest BCUT2D eigenvalue weighted by atomic mass is 28.3. The Hall–Kier alpha value is -1.26. The topological polar surface area (TPSA) is 20.3 Å². The molecule has 1 atom stereocenters. The molecule has 1 fully saturated rings. The molecule has 0 heterocycles. The van der Waals surface area contributed by atoms with Crippen LogP contribution in [-0.4, -0.2) is 52.1 Å². The minimum absolute atomic E-state index is 0.0746. The van der Waals surface area contributed by atoms with Crippen molar-refractivity contribution in [3.63, 3.8) is 0 Å². The van der Waals surface area contributed by atoms with Gasteiger partial charge in [-0.3, -0.25) is 0 Å². The van der Waals surface area contributed by atoms with Gasteiger partial charge in [-0.1, -0.05) is 30.7 Å². The average Bonchev–Trinajstić information content (AvgIpc) is 2.94. The van der Waals surface area contributed by atoms with Crippen LogP contribution in [0, 0.1) is 0 Å². The van der Waals surface area contributed by atoms with Crippen molar-refractivity contribution in [1.82, 2.24) is 4.90 Å². The summed E-state index contributed by atoms with van der Waals surface area (Å²) in [7, 11) is 6.70. The van der Waals surface area contributed by atoms with Gasteiger partial charge in [-0.05, 0) is 37.3 Å². The van der Waals surface area contributed by atoms with Crippen LogP contribution in [0.15, 0.2) is 30.3 Å². The third-order valence-corrected chi connectivity index (χ3v) is 8.21. The molecule has 124 valence electrons. The molecular weight excluding hydrogens is 300 g/mol. The van der Waals surface area contributed by atoms with Gasteiger partial charge in [0, 0.05) is 25.4 Å². The highest BCUT2D eigenvalue weighted by molar-refractivity contribution is 6.38. The SMILES string of the molecule is CN(C)C1=CC([Si](=O)[N+](C)(C)C2CCCCC2)c2ccccc21. The van der Waals surface area contributed by atoms with Crippen molar-refractivity contribution in [2.75, 3.05) is 28.2 Å². The summed E-state index contributed by atoms with van der Waals surface area (Å²) in [6, 6.07) is 9.04. The maximum Gasteiger partial charge on any atom is 0.565 e. The second-order valence-electron chi connectivity index (χ2n) is 7.68. The molecule has 1 unspecified atom stereocenters. The largest absolute Gasteiger partial charge is 0.565 e. The zero-order chi connectivity index (χ0) is 16.6. The first kappa shape index (κ1) is 16.6. The fraction of sp³-hybridized carbons (Fsp3) is 0.579. The summed E-state index contributed by atoms with van der Waals surface area (Å²) in [6.45, 7) is 0. The standard InChI is InChI=1S/C19H29N2OSi/c1-20(2)18-14-19(17-13-9-8-12-16(17)18)23(22)21(3,4)15-10-6-5-7-11-15/h8-9,12-15,19H,5-7,10-11H2,1-4H3/q+1. The molecule has 0 radical (unpaired) electrons. The van der Waals surface area contributed by atoms with Gasteiger partial charge in [0.2, 0.25) is 0 Å². The second-order valence-corrected chi connectivity index (χ2v) is 10.1. The maximum atomic E-state index is 13.6. The minimum atomic E-state index is -1.84.